The first-order valence-corrected chi connectivity index (χ1v) is 7.38. The summed E-state index contributed by atoms with van der Waals surface area (Å²) in [7, 11) is 2.12. The lowest BCUT2D eigenvalue weighted by molar-refractivity contribution is -0.135. The van der Waals surface area contributed by atoms with Crippen LogP contribution in [-0.4, -0.2) is 64.4 Å². The van der Waals surface area contributed by atoms with Crippen molar-refractivity contribution in [3.63, 3.8) is 0 Å². The largest absolute Gasteiger partial charge is 0.347 e. The van der Waals surface area contributed by atoms with Gasteiger partial charge in [-0.15, -0.1) is 0 Å². The Labute approximate surface area is 119 Å². The molecule has 3 rings (SSSR count). The predicted molar refractivity (Wildman–Crippen MR) is 76.2 cm³/mol. The van der Waals surface area contributed by atoms with E-state index in [1.165, 1.54) is 0 Å². The molecule has 2 atom stereocenters. The minimum atomic E-state index is -0.128. The third kappa shape index (κ3) is 2.58. The molecule has 6 nitrogen and oxygen atoms in total. The zero-order chi connectivity index (χ0) is 14.1. The van der Waals surface area contributed by atoms with Crippen LogP contribution in [0.2, 0.25) is 0 Å². The van der Waals surface area contributed by atoms with Gasteiger partial charge in [0.25, 0.3) is 0 Å². The van der Waals surface area contributed by atoms with E-state index in [2.05, 4.69) is 34.2 Å². The van der Waals surface area contributed by atoms with Crippen LogP contribution in [-0.2, 0) is 17.8 Å². The van der Waals surface area contributed by atoms with Gasteiger partial charge in [0.15, 0.2) is 0 Å². The van der Waals surface area contributed by atoms with Gasteiger partial charge in [0.05, 0.1) is 23.8 Å². The van der Waals surface area contributed by atoms with Gasteiger partial charge in [-0.3, -0.25) is 10.1 Å². The summed E-state index contributed by atoms with van der Waals surface area (Å²) >= 11 is 0. The van der Waals surface area contributed by atoms with E-state index in [9.17, 15) is 4.79 Å². The van der Waals surface area contributed by atoms with Crippen molar-refractivity contribution in [1.29, 1.82) is 0 Å². The number of nitrogens with zero attached hydrogens (tertiary/aromatic N) is 3. The first-order valence-electron chi connectivity index (χ1n) is 7.38. The standard InChI is InChI=1S/C14H23N5O/c1-10-8-18(2)4-3-5-19(10)14(20)12-6-11-13(7-15-12)17-9-16-11/h9-10,12,15H,3-8H2,1-2H3,(H,16,17). The molecule has 3 heterocycles. The van der Waals surface area contributed by atoms with Gasteiger partial charge in [-0.25, -0.2) is 4.98 Å². The molecule has 0 radical (unpaired) electrons. The lowest BCUT2D eigenvalue weighted by atomic mass is 10.0. The van der Waals surface area contributed by atoms with E-state index in [4.69, 9.17) is 0 Å². The van der Waals surface area contributed by atoms with Crippen LogP contribution in [0.1, 0.15) is 24.7 Å². The third-order valence-electron chi connectivity index (χ3n) is 4.36. The van der Waals surface area contributed by atoms with Gasteiger partial charge < -0.3 is 14.8 Å². The van der Waals surface area contributed by atoms with Crippen LogP contribution in [0.4, 0.5) is 0 Å². The molecule has 2 N–H and O–H groups in total. The minimum absolute atomic E-state index is 0.128. The molecule has 1 aromatic heterocycles. The van der Waals surface area contributed by atoms with Crippen LogP contribution in [0.5, 0.6) is 0 Å². The highest BCUT2D eigenvalue weighted by Crippen LogP contribution is 2.16. The lowest BCUT2D eigenvalue weighted by Gasteiger charge is -2.33. The Morgan fingerprint density at radius 2 is 2.30 bits per heavy atom. The van der Waals surface area contributed by atoms with Gasteiger partial charge in [0.2, 0.25) is 5.91 Å². The summed E-state index contributed by atoms with van der Waals surface area (Å²) in [4.78, 5) is 24.5. The van der Waals surface area contributed by atoms with Gasteiger partial charge in [-0.05, 0) is 26.9 Å². The number of hydrogen-bond donors (Lipinski definition) is 2. The molecule has 1 aromatic rings. The Hall–Kier alpha value is -1.40. The number of carbonyl (C=O) groups is 1. The fourth-order valence-corrected chi connectivity index (χ4v) is 3.24. The Balaban J connectivity index is 1.69. The Kier molecular flexibility index (Phi) is 3.76. The van der Waals surface area contributed by atoms with Gasteiger partial charge in [0, 0.05) is 32.1 Å². The van der Waals surface area contributed by atoms with Crippen LogP contribution >= 0.6 is 0 Å². The van der Waals surface area contributed by atoms with Crippen molar-refractivity contribution in [1.82, 2.24) is 25.1 Å². The number of amides is 1. The van der Waals surface area contributed by atoms with E-state index in [1.54, 1.807) is 6.33 Å². The molecule has 1 amide bonds. The SMILES string of the molecule is CC1CN(C)CCCN1C(=O)C1Cc2nc[nH]c2CN1. The normalized spacial score (nSPS) is 28.0. The molecule has 1 fully saturated rings. The van der Waals surface area contributed by atoms with Crippen molar-refractivity contribution in [3.8, 4) is 0 Å². The first kappa shape index (κ1) is 13.6. The van der Waals surface area contributed by atoms with E-state index in [0.29, 0.717) is 13.0 Å². The highest BCUT2D eigenvalue weighted by Gasteiger charge is 2.32. The summed E-state index contributed by atoms with van der Waals surface area (Å²) < 4.78 is 0. The molecule has 1 saturated heterocycles. The van der Waals surface area contributed by atoms with Crippen molar-refractivity contribution in [2.24, 2.45) is 0 Å². The smallest absolute Gasteiger partial charge is 0.240 e. The fourth-order valence-electron chi connectivity index (χ4n) is 3.24. The maximum absolute atomic E-state index is 12.8. The van der Waals surface area contributed by atoms with E-state index in [-0.39, 0.29) is 18.0 Å². The Bertz CT molecular complexity index is 486. The average Bonchev–Trinajstić information content (AvgIpc) is 2.83. The van der Waals surface area contributed by atoms with E-state index in [0.717, 1.165) is 37.4 Å². The predicted octanol–water partition coefficient (Wildman–Crippen LogP) is -0.0234. The highest BCUT2D eigenvalue weighted by molar-refractivity contribution is 5.82. The molecule has 2 aliphatic heterocycles. The van der Waals surface area contributed by atoms with E-state index >= 15 is 0 Å². The summed E-state index contributed by atoms with van der Waals surface area (Å²) in [6.45, 7) is 5.72. The number of fused-ring (bicyclic) bond motifs is 1. The molecule has 2 unspecified atom stereocenters. The van der Waals surface area contributed by atoms with Crippen LogP contribution in [0, 0.1) is 0 Å². The van der Waals surface area contributed by atoms with Gasteiger partial charge in [-0.2, -0.15) is 0 Å². The van der Waals surface area contributed by atoms with Gasteiger partial charge >= 0.3 is 0 Å². The second kappa shape index (κ2) is 5.54. The maximum Gasteiger partial charge on any atom is 0.240 e. The molecule has 0 saturated carbocycles. The Morgan fingerprint density at radius 3 is 3.15 bits per heavy atom. The van der Waals surface area contributed by atoms with Crippen molar-refractivity contribution in [3.05, 3.63) is 17.7 Å². The summed E-state index contributed by atoms with van der Waals surface area (Å²) in [6.07, 6.45) is 3.45. The van der Waals surface area contributed by atoms with Gasteiger partial charge in [0.1, 0.15) is 0 Å². The number of aromatic nitrogens is 2. The van der Waals surface area contributed by atoms with E-state index in [1.807, 2.05) is 4.90 Å². The molecule has 110 valence electrons. The number of H-pyrrole nitrogens is 1. The number of imidazole rings is 1. The number of aromatic amines is 1. The molecule has 6 heteroatoms. The van der Waals surface area contributed by atoms with Crippen LogP contribution in [0.3, 0.4) is 0 Å². The van der Waals surface area contributed by atoms with Gasteiger partial charge in [-0.1, -0.05) is 0 Å². The van der Waals surface area contributed by atoms with Crippen LogP contribution in [0.25, 0.3) is 0 Å². The molecule has 2 aliphatic rings. The fraction of sp³-hybridized carbons (Fsp3) is 0.714. The average molecular weight is 277 g/mol. The Morgan fingerprint density at radius 1 is 1.45 bits per heavy atom. The molecule has 0 aliphatic carbocycles. The summed E-state index contributed by atoms with van der Waals surface area (Å²) in [5.74, 6) is 0.224. The maximum atomic E-state index is 12.8. The molecule has 0 aromatic carbocycles. The number of carbonyl (C=O) groups excluding carboxylic acids is 1. The van der Waals surface area contributed by atoms with Crippen molar-refractivity contribution >= 4 is 5.91 Å². The van der Waals surface area contributed by atoms with E-state index < -0.39 is 0 Å². The summed E-state index contributed by atoms with van der Waals surface area (Å²) in [6, 6.07) is 0.147. The van der Waals surface area contributed by atoms with Crippen molar-refractivity contribution in [2.75, 3.05) is 26.7 Å². The minimum Gasteiger partial charge on any atom is -0.347 e. The van der Waals surface area contributed by atoms with Crippen molar-refractivity contribution in [2.45, 2.75) is 38.4 Å². The van der Waals surface area contributed by atoms with Crippen LogP contribution < -0.4 is 5.32 Å². The quantitative estimate of drug-likeness (QED) is 0.757. The molecule has 20 heavy (non-hydrogen) atoms. The zero-order valence-electron chi connectivity index (χ0n) is 12.2. The summed E-state index contributed by atoms with van der Waals surface area (Å²) in [5.41, 5.74) is 2.14. The monoisotopic (exact) mass is 277 g/mol. The number of rotatable bonds is 1. The van der Waals surface area contributed by atoms with Crippen molar-refractivity contribution < 1.29 is 4.79 Å². The zero-order valence-corrected chi connectivity index (χ0v) is 12.2. The molecular formula is C14H23N5O. The second-order valence-corrected chi connectivity index (χ2v) is 5.96. The molecule has 0 bridgehead atoms. The molecular weight excluding hydrogens is 254 g/mol. The second-order valence-electron chi connectivity index (χ2n) is 5.96. The molecule has 0 spiro atoms. The lowest BCUT2D eigenvalue weighted by Crippen LogP contribution is -2.53. The number of likely N-dealkylation sites (N-methyl/N-ethyl adjacent to an activating group) is 1. The van der Waals surface area contributed by atoms with Crippen LogP contribution in [0.15, 0.2) is 6.33 Å². The number of hydrogen-bond acceptors (Lipinski definition) is 4. The topological polar surface area (TPSA) is 64.3 Å². The first-order chi connectivity index (χ1) is 9.65. The third-order valence-corrected chi connectivity index (χ3v) is 4.36. The number of nitrogens with one attached hydrogen (secondary N) is 2. The summed E-state index contributed by atoms with van der Waals surface area (Å²) in [5, 5.41) is 3.33. The highest BCUT2D eigenvalue weighted by atomic mass is 16.2.